The molecular formula is C28H31F3N6O3. The number of nitro groups is 1. The zero-order valence-corrected chi connectivity index (χ0v) is 21.8. The van der Waals surface area contributed by atoms with Crippen LogP contribution in [0.2, 0.25) is 0 Å². The lowest BCUT2D eigenvalue weighted by molar-refractivity contribution is -0.384. The van der Waals surface area contributed by atoms with Crippen LogP contribution in [-0.4, -0.2) is 45.9 Å². The molecule has 2 aliphatic rings. The van der Waals surface area contributed by atoms with Gasteiger partial charge in [-0.3, -0.25) is 10.1 Å². The number of piperidine rings is 1. The van der Waals surface area contributed by atoms with E-state index in [-0.39, 0.29) is 23.4 Å². The molecule has 1 saturated heterocycles. The summed E-state index contributed by atoms with van der Waals surface area (Å²) in [6.45, 7) is 1.59. The van der Waals surface area contributed by atoms with Gasteiger partial charge in [-0.05, 0) is 61.9 Å². The number of non-ortho nitro benzene ring substituents is 1. The van der Waals surface area contributed by atoms with Crippen LogP contribution in [0.5, 0.6) is 5.75 Å². The van der Waals surface area contributed by atoms with Crippen LogP contribution in [0.25, 0.3) is 11.3 Å². The number of halogens is 3. The Kier molecular flexibility index (Phi) is 7.79. The molecule has 40 heavy (non-hydrogen) atoms. The van der Waals surface area contributed by atoms with Gasteiger partial charge in [0.1, 0.15) is 5.75 Å². The molecule has 2 aromatic carbocycles. The van der Waals surface area contributed by atoms with Gasteiger partial charge in [-0.1, -0.05) is 25.0 Å². The topological polar surface area (TPSA) is 119 Å². The van der Waals surface area contributed by atoms with Gasteiger partial charge < -0.3 is 20.7 Å². The van der Waals surface area contributed by atoms with Crippen molar-refractivity contribution in [3.8, 4) is 17.0 Å². The van der Waals surface area contributed by atoms with Crippen molar-refractivity contribution in [3.63, 3.8) is 0 Å². The molecule has 9 nitrogen and oxygen atoms in total. The number of alkyl halides is 3. The van der Waals surface area contributed by atoms with Gasteiger partial charge in [-0.15, -0.1) is 13.2 Å². The first kappa shape index (κ1) is 27.6. The number of nitrogens with zero attached hydrogens (tertiary/aromatic N) is 4. The Morgan fingerprint density at radius 1 is 1.10 bits per heavy atom. The van der Waals surface area contributed by atoms with Crippen LogP contribution >= 0.6 is 0 Å². The normalized spacial score (nSPS) is 23.4. The summed E-state index contributed by atoms with van der Waals surface area (Å²) >= 11 is 0. The molecule has 212 valence electrons. The Hall–Kier alpha value is -3.93. The second-order valence-electron chi connectivity index (χ2n) is 10.5. The van der Waals surface area contributed by atoms with Crippen LogP contribution in [0, 0.1) is 16.0 Å². The van der Waals surface area contributed by atoms with Crippen molar-refractivity contribution in [1.29, 1.82) is 0 Å². The Balaban J connectivity index is 1.33. The smallest absolute Gasteiger partial charge is 0.406 e. The fraction of sp³-hybridized carbons (Fsp3) is 0.429. The van der Waals surface area contributed by atoms with Crippen LogP contribution in [0.15, 0.2) is 60.8 Å². The largest absolute Gasteiger partial charge is 0.573 e. The van der Waals surface area contributed by atoms with E-state index in [1.54, 1.807) is 30.5 Å². The van der Waals surface area contributed by atoms with Crippen molar-refractivity contribution >= 4 is 17.3 Å². The van der Waals surface area contributed by atoms with E-state index >= 15 is 0 Å². The van der Waals surface area contributed by atoms with E-state index in [9.17, 15) is 23.3 Å². The summed E-state index contributed by atoms with van der Waals surface area (Å²) in [6, 6.07) is 13.8. The molecule has 0 bridgehead atoms. The summed E-state index contributed by atoms with van der Waals surface area (Å²) in [6.07, 6.45) is 2.39. The number of ether oxygens (including phenoxy) is 1. The summed E-state index contributed by atoms with van der Waals surface area (Å²) in [7, 11) is 0. The minimum absolute atomic E-state index is 0.0611. The molecule has 3 N–H and O–H groups in total. The minimum atomic E-state index is -4.78. The molecule has 0 spiro atoms. The molecular weight excluding hydrogens is 525 g/mol. The third-order valence-electron chi connectivity index (χ3n) is 7.93. The van der Waals surface area contributed by atoms with E-state index in [1.807, 2.05) is 0 Å². The van der Waals surface area contributed by atoms with E-state index in [1.165, 1.54) is 30.3 Å². The van der Waals surface area contributed by atoms with Gasteiger partial charge in [0, 0.05) is 54.3 Å². The van der Waals surface area contributed by atoms with Crippen LogP contribution in [0.1, 0.15) is 38.5 Å². The maximum Gasteiger partial charge on any atom is 0.573 e. The van der Waals surface area contributed by atoms with Crippen molar-refractivity contribution in [2.24, 2.45) is 11.7 Å². The molecule has 1 aromatic heterocycles. The molecule has 2 heterocycles. The van der Waals surface area contributed by atoms with Gasteiger partial charge >= 0.3 is 6.36 Å². The van der Waals surface area contributed by atoms with Crippen LogP contribution in [0.3, 0.4) is 0 Å². The van der Waals surface area contributed by atoms with Gasteiger partial charge in [-0.2, -0.15) is 0 Å². The highest BCUT2D eigenvalue weighted by Gasteiger charge is 2.45. The number of aromatic nitrogens is 2. The highest BCUT2D eigenvalue weighted by molar-refractivity contribution is 5.62. The highest BCUT2D eigenvalue weighted by Crippen LogP contribution is 2.39. The maximum absolute atomic E-state index is 12.7. The van der Waals surface area contributed by atoms with E-state index < -0.39 is 16.8 Å². The van der Waals surface area contributed by atoms with Gasteiger partial charge in [0.25, 0.3) is 5.69 Å². The van der Waals surface area contributed by atoms with Crippen molar-refractivity contribution in [1.82, 2.24) is 9.97 Å². The van der Waals surface area contributed by atoms with Gasteiger partial charge in [-0.25, -0.2) is 9.97 Å². The predicted molar refractivity (Wildman–Crippen MR) is 145 cm³/mol. The summed E-state index contributed by atoms with van der Waals surface area (Å²) in [5, 5.41) is 14.5. The van der Waals surface area contributed by atoms with Crippen molar-refractivity contribution in [2.75, 3.05) is 23.3 Å². The molecule has 5 rings (SSSR count). The Bertz CT molecular complexity index is 1340. The predicted octanol–water partition coefficient (Wildman–Crippen LogP) is 5.92. The first-order valence-corrected chi connectivity index (χ1v) is 13.3. The van der Waals surface area contributed by atoms with Gasteiger partial charge in [0.05, 0.1) is 10.6 Å². The second-order valence-corrected chi connectivity index (χ2v) is 10.5. The Labute approximate surface area is 229 Å². The lowest BCUT2D eigenvalue weighted by Gasteiger charge is -2.50. The average Bonchev–Trinajstić information content (AvgIpc) is 2.94. The fourth-order valence-corrected chi connectivity index (χ4v) is 5.95. The summed E-state index contributed by atoms with van der Waals surface area (Å²) in [4.78, 5) is 21.9. The summed E-state index contributed by atoms with van der Waals surface area (Å²) in [5.74, 6) is 0.222. The molecule has 12 heteroatoms. The van der Waals surface area contributed by atoms with Gasteiger partial charge in [0.2, 0.25) is 5.95 Å². The maximum atomic E-state index is 12.7. The second kappa shape index (κ2) is 11.3. The molecule has 3 atom stereocenters. The van der Waals surface area contributed by atoms with Crippen molar-refractivity contribution < 1.29 is 22.8 Å². The molecule has 1 saturated carbocycles. The summed E-state index contributed by atoms with van der Waals surface area (Å²) in [5.41, 5.74) is 8.61. The molecule has 3 unspecified atom stereocenters. The quantitative estimate of drug-likeness (QED) is 0.272. The van der Waals surface area contributed by atoms with Crippen LogP contribution in [0.4, 0.5) is 30.5 Å². The van der Waals surface area contributed by atoms with Crippen molar-refractivity contribution in [3.05, 3.63) is 70.9 Å². The van der Waals surface area contributed by atoms with E-state index in [2.05, 4.69) is 24.9 Å². The zero-order valence-electron chi connectivity index (χ0n) is 21.8. The average molecular weight is 557 g/mol. The fourth-order valence-electron chi connectivity index (χ4n) is 5.95. The van der Waals surface area contributed by atoms with Crippen LogP contribution in [-0.2, 0) is 0 Å². The standard InChI is InChI=1S/C28H31F3N6O3/c29-28(30,31)40-23-7-3-5-19(17-23)24-13-15-33-26(34-24)35-25-8-1-2-14-27(25,32)20-6-4-16-36(18-20)21-9-11-22(12-10-21)37(38)39/h3,5,7,9-13,15,17,20,25H,1-2,4,6,8,14,16,18,32H2,(H,33,34,35). The number of rotatable bonds is 7. The molecule has 1 aliphatic carbocycles. The third kappa shape index (κ3) is 6.27. The monoisotopic (exact) mass is 556 g/mol. The van der Waals surface area contributed by atoms with Crippen LogP contribution < -0.4 is 20.7 Å². The molecule has 3 aromatic rings. The first-order valence-electron chi connectivity index (χ1n) is 13.3. The number of hydrogen-bond acceptors (Lipinski definition) is 8. The first-order chi connectivity index (χ1) is 19.1. The van der Waals surface area contributed by atoms with Crippen molar-refractivity contribution in [2.45, 2.75) is 56.5 Å². The van der Waals surface area contributed by atoms with Gasteiger partial charge in [0.15, 0.2) is 0 Å². The van der Waals surface area contributed by atoms with E-state index in [4.69, 9.17) is 5.73 Å². The Morgan fingerprint density at radius 3 is 2.65 bits per heavy atom. The van der Waals surface area contributed by atoms with E-state index in [0.717, 1.165) is 57.3 Å². The molecule has 0 amide bonds. The molecule has 0 radical (unpaired) electrons. The lowest BCUT2D eigenvalue weighted by Crippen LogP contribution is -2.64. The highest BCUT2D eigenvalue weighted by atomic mass is 19.4. The number of benzene rings is 2. The SMILES string of the molecule is NC1(C2CCCN(c3ccc([N+](=O)[O-])cc3)C2)CCCCC1Nc1nccc(-c2cccc(OC(F)(F)F)c2)n1. The third-order valence-corrected chi connectivity index (χ3v) is 7.93. The summed E-state index contributed by atoms with van der Waals surface area (Å²) < 4.78 is 42.1. The lowest BCUT2D eigenvalue weighted by atomic mass is 9.67. The molecule has 1 aliphatic heterocycles. The Morgan fingerprint density at radius 2 is 1.90 bits per heavy atom. The van der Waals surface area contributed by atoms with E-state index in [0.29, 0.717) is 17.2 Å². The number of nitrogens with two attached hydrogens (primary N) is 1. The number of anilines is 2. The number of hydrogen-bond donors (Lipinski definition) is 2. The minimum Gasteiger partial charge on any atom is -0.406 e. The number of nitrogens with one attached hydrogen (secondary N) is 1. The molecule has 2 fully saturated rings. The number of nitro benzene ring substituents is 1. The zero-order chi connectivity index (χ0) is 28.3.